The lowest BCUT2D eigenvalue weighted by Crippen LogP contribution is -2.44. The summed E-state index contributed by atoms with van der Waals surface area (Å²) < 4.78 is 5.75. The molecule has 5 nitrogen and oxygen atoms in total. The molecule has 0 saturated heterocycles. The molecule has 0 bridgehead atoms. The summed E-state index contributed by atoms with van der Waals surface area (Å²) in [7, 11) is 0. The average molecular weight is 407 g/mol. The van der Waals surface area contributed by atoms with Crippen LogP contribution in [0.1, 0.15) is 22.8 Å². The third-order valence-corrected chi connectivity index (χ3v) is 4.97. The number of benzene rings is 3. The molecule has 1 aliphatic heterocycles. The van der Waals surface area contributed by atoms with Gasteiger partial charge in [0.1, 0.15) is 5.75 Å². The molecule has 0 spiro atoms. The predicted octanol–water partition coefficient (Wildman–Crippen LogP) is 4.91. The number of hydrogen-bond acceptors (Lipinski definition) is 3. The Bertz CT molecular complexity index is 1050. The molecule has 29 heavy (non-hydrogen) atoms. The van der Waals surface area contributed by atoms with Gasteiger partial charge < -0.3 is 15.0 Å². The van der Waals surface area contributed by atoms with E-state index in [1.54, 1.807) is 54.3 Å². The molecule has 1 heterocycles. The van der Waals surface area contributed by atoms with Gasteiger partial charge >= 0.3 is 0 Å². The van der Waals surface area contributed by atoms with Crippen LogP contribution in [-0.2, 0) is 11.3 Å². The summed E-state index contributed by atoms with van der Waals surface area (Å²) in [6.07, 6.45) is -0.584. The quantitative estimate of drug-likeness (QED) is 0.670. The molecule has 0 aliphatic carbocycles. The monoisotopic (exact) mass is 406 g/mol. The number of anilines is 2. The first-order chi connectivity index (χ1) is 14.0. The van der Waals surface area contributed by atoms with Crippen molar-refractivity contribution in [1.29, 1.82) is 0 Å². The van der Waals surface area contributed by atoms with Gasteiger partial charge in [0.15, 0.2) is 6.10 Å². The minimum Gasteiger partial charge on any atom is -0.479 e. The maximum Gasteiger partial charge on any atom is 0.268 e. The molecule has 1 aliphatic rings. The third-order valence-electron chi connectivity index (χ3n) is 4.72. The second-order valence-corrected chi connectivity index (χ2v) is 7.25. The van der Waals surface area contributed by atoms with Crippen LogP contribution in [0.25, 0.3) is 0 Å². The summed E-state index contributed by atoms with van der Waals surface area (Å²) in [4.78, 5) is 26.9. The molecule has 0 radical (unpaired) electrons. The zero-order chi connectivity index (χ0) is 20.4. The van der Waals surface area contributed by atoms with Gasteiger partial charge in [-0.25, -0.2) is 0 Å². The van der Waals surface area contributed by atoms with Crippen molar-refractivity contribution in [3.05, 3.63) is 88.9 Å². The molecule has 4 rings (SSSR count). The third kappa shape index (κ3) is 4.10. The van der Waals surface area contributed by atoms with E-state index < -0.39 is 6.10 Å². The molecule has 3 aromatic rings. The minimum absolute atomic E-state index is 0.140. The number of carbonyl (C=O) groups excluding carboxylic acids is 2. The van der Waals surface area contributed by atoms with Crippen molar-refractivity contribution in [2.24, 2.45) is 0 Å². The molecule has 1 unspecified atom stereocenters. The molecule has 2 amide bonds. The number of nitrogens with zero attached hydrogens (tertiary/aromatic N) is 1. The zero-order valence-electron chi connectivity index (χ0n) is 15.8. The number of fused-ring (bicyclic) bond motifs is 1. The molecule has 6 heteroatoms. The number of halogens is 1. The second kappa shape index (κ2) is 7.97. The normalized spacial score (nSPS) is 15.4. The summed E-state index contributed by atoms with van der Waals surface area (Å²) >= 11 is 5.97. The van der Waals surface area contributed by atoms with E-state index in [0.717, 1.165) is 5.56 Å². The molecule has 1 N–H and O–H groups in total. The predicted molar refractivity (Wildman–Crippen MR) is 114 cm³/mol. The summed E-state index contributed by atoms with van der Waals surface area (Å²) in [5, 5.41) is 3.52. The van der Waals surface area contributed by atoms with Gasteiger partial charge in [0.25, 0.3) is 11.8 Å². The van der Waals surface area contributed by atoms with Crippen molar-refractivity contribution < 1.29 is 14.3 Å². The van der Waals surface area contributed by atoms with Crippen LogP contribution in [-0.4, -0.2) is 17.9 Å². The summed E-state index contributed by atoms with van der Waals surface area (Å²) in [6.45, 7) is 2.11. The highest BCUT2D eigenvalue weighted by atomic mass is 35.5. The van der Waals surface area contributed by atoms with E-state index in [1.807, 2.05) is 30.3 Å². The van der Waals surface area contributed by atoms with Crippen molar-refractivity contribution >= 4 is 34.8 Å². The summed E-state index contributed by atoms with van der Waals surface area (Å²) in [5.41, 5.74) is 2.71. The topological polar surface area (TPSA) is 58.6 Å². The Morgan fingerprint density at radius 2 is 1.79 bits per heavy atom. The van der Waals surface area contributed by atoms with Crippen LogP contribution >= 0.6 is 11.6 Å². The van der Waals surface area contributed by atoms with Crippen LogP contribution in [0.5, 0.6) is 5.75 Å². The number of nitrogens with one attached hydrogen (secondary N) is 1. The first kappa shape index (κ1) is 19.0. The molecular weight excluding hydrogens is 388 g/mol. The van der Waals surface area contributed by atoms with Crippen molar-refractivity contribution in [3.8, 4) is 5.75 Å². The van der Waals surface area contributed by atoms with Gasteiger partial charge in [-0.1, -0.05) is 41.9 Å². The van der Waals surface area contributed by atoms with Crippen molar-refractivity contribution in [2.75, 3.05) is 10.2 Å². The highest BCUT2D eigenvalue weighted by molar-refractivity contribution is 6.30. The largest absolute Gasteiger partial charge is 0.479 e. The van der Waals surface area contributed by atoms with Gasteiger partial charge in [-0.2, -0.15) is 0 Å². The fourth-order valence-corrected chi connectivity index (χ4v) is 3.34. The number of ether oxygens (including phenoxy) is 1. The standard InChI is InChI=1S/C23H19ClN2O3/c1-15-23(28)26(14-16-7-9-18(24)10-8-16)20-13-19(11-12-21(20)29-15)25-22(27)17-5-3-2-4-6-17/h2-13,15H,14H2,1H3,(H,25,27). The van der Waals surface area contributed by atoms with Gasteiger partial charge in [0.2, 0.25) is 0 Å². The number of hydrogen-bond donors (Lipinski definition) is 1. The van der Waals surface area contributed by atoms with E-state index in [2.05, 4.69) is 5.32 Å². The Labute approximate surface area is 173 Å². The summed E-state index contributed by atoms with van der Waals surface area (Å²) in [5.74, 6) is 0.244. The van der Waals surface area contributed by atoms with E-state index in [1.165, 1.54) is 0 Å². The fourth-order valence-electron chi connectivity index (χ4n) is 3.21. The lowest BCUT2D eigenvalue weighted by atomic mass is 10.1. The number of carbonyl (C=O) groups is 2. The molecule has 0 fully saturated rings. The van der Waals surface area contributed by atoms with Gasteiger partial charge in [0, 0.05) is 16.3 Å². The molecule has 146 valence electrons. The van der Waals surface area contributed by atoms with Gasteiger partial charge in [-0.3, -0.25) is 9.59 Å². The van der Waals surface area contributed by atoms with Crippen LogP contribution < -0.4 is 15.0 Å². The lowest BCUT2D eigenvalue weighted by Gasteiger charge is -2.33. The highest BCUT2D eigenvalue weighted by Gasteiger charge is 2.31. The molecule has 0 aromatic heterocycles. The maximum atomic E-state index is 12.8. The van der Waals surface area contributed by atoms with Crippen LogP contribution in [0.15, 0.2) is 72.8 Å². The Hall–Kier alpha value is -3.31. The average Bonchev–Trinajstić information content (AvgIpc) is 2.74. The Morgan fingerprint density at radius 3 is 2.52 bits per heavy atom. The Balaban J connectivity index is 1.63. The van der Waals surface area contributed by atoms with Crippen LogP contribution in [0.2, 0.25) is 5.02 Å². The first-order valence-corrected chi connectivity index (χ1v) is 9.62. The van der Waals surface area contributed by atoms with E-state index >= 15 is 0 Å². The smallest absolute Gasteiger partial charge is 0.268 e. The van der Waals surface area contributed by atoms with Gasteiger partial charge in [0.05, 0.1) is 12.2 Å². The van der Waals surface area contributed by atoms with Crippen LogP contribution in [0.3, 0.4) is 0 Å². The molecule has 3 aromatic carbocycles. The Morgan fingerprint density at radius 1 is 1.07 bits per heavy atom. The van der Waals surface area contributed by atoms with Crippen LogP contribution in [0.4, 0.5) is 11.4 Å². The Kier molecular flexibility index (Phi) is 5.23. The van der Waals surface area contributed by atoms with E-state index in [9.17, 15) is 9.59 Å². The van der Waals surface area contributed by atoms with E-state index in [0.29, 0.717) is 34.3 Å². The molecular formula is C23H19ClN2O3. The molecule has 0 saturated carbocycles. The van der Waals surface area contributed by atoms with Crippen molar-refractivity contribution in [2.45, 2.75) is 19.6 Å². The van der Waals surface area contributed by atoms with Crippen LogP contribution in [0, 0.1) is 0 Å². The number of rotatable bonds is 4. The van der Waals surface area contributed by atoms with Crippen molar-refractivity contribution in [3.63, 3.8) is 0 Å². The lowest BCUT2D eigenvalue weighted by molar-refractivity contribution is -0.125. The number of amides is 2. The van der Waals surface area contributed by atoms with E-state index in [4.69, 9.17) is 16.3 Å². The van der Waals surface area contributed by atoms with E-state index in [-0.39, 0.29) is 11.8 Å². The highest BCUT2D eigenvalue weighted by Crippen LogP contribution is 2.37. The SMILES string of the molecule is CC1Oc2ccc(NC(=O)c3ccccc3)cc2N(Cc2ccc(Cl)cc2)C1=O. The van der Waals surface area contributed by atoms with Gasteiger partial charge in [-0.15, -0.1) is 0 Å². The fraction of sp³-hybridized carbons (Fsp3) is 0.130. The minimum atomic E-state index is -0.584. The maximum absolute atomic E-state index is 12.8. The van der Waals surface area contributed by atoms with Crippen molar-refractivity contribution in [1.82, 2.24) is 0 Å². The van der Waals surface area contributed by atoms with Gasteiger partial charge in [-0.05, 0) is 55.0 Å². The summed E-state index contributed by atoms with van der Waals surface area (Å²) in [6, 6.07) is 21.6. The second-order valence-electron chi connectivity index (χ2n) is 6.81. The molecule has 1 atom stereocenters. The zero-order valence-corrected chi connectivity index (χ0v) is 16.5. The first-order valence-electron chi connectivity index (χ1n) is 9.24.